The molecule has 100 valence electrons. The average Bonchev–Trinajstić information content (AvgIpc) is 2.19. The van der Waals surface area contributed by atoms with E-state index in [-0.39, 0.29) is 17.0 Å². The zero-order chi connectivity index (χ0) is 13.2. The molecule has 3 heteroatoms. The van der Waals surface area contributed by atoms with Crippen molar-refractivity contribution in [3.05, 3.63) is 0 Å². The molecule has 0 heterocycles. The topological polar surface area (TPSA) is 82.6 Å². The van der Waals surface area contributed by atoms with Crippen molar-refractivity contribution in [2.24, 2.45) is 10.8 Å². The highest BCUT2D eigenvalue weighted by atomic mass is 14.3. The van der Waals surface area contributed by atoms with Crippen LogP contribution < -0.4 is 6.15 Å². The first-order valence-corrected chi connectivity index (χ1v) is 6.07. The van der Waals surface area contributed by atoms with Crippen molar-refractivity contribution in [1.82, 2.24) is 6.15 Å². The Hall–Kier alpha value is -1.06. The molecule has 0 aliphatic rings. The number of hydrogen-bond acceptors (Lipinski definition) is 3. The third-order valence-corrected chi connectivity index (χ3v) is 2.36. The SMILES string of the molecule is CCCC(C)(C)C#N.CCCC(C)(C)C#N.N. The third-order valence-electron chi connectivity index (χ3n) is 2.36. The Labute approximate surface area is 107 Å². The van der Waals surface area contributed by atoms with Gasteiger partial charge in [-0.3, -0.25) is 0 Å². The van der Waals surface area contributed by atoms with Crippen LogP contribution in [-0.2, 0) is 0 Å². The van der Waals surface area contributed by atoms with Crippen molar-refractivity contribution in [2.45, 2.75) is 67.2 Å². The number of hydrogen-bond donors (Lipinski definition) is 1. The standard InChI is InChI=1S/2C7H13N.H3N/c2*1-4-5-7(2,3)6-8;/h2*4-5H2,1-3H3;1H3. The molecule has 3 nitrogen and oxygen atoms in total. The maximum Gasteiger partial charge on any atom is 0.0683 e. The Morgan fingerprint density at radius 1 is 0.765 bits per heavy atom. The third kappa shape index (κ3) is 14.9. The van der Waals surface area contributed by atoms with Gasteiger partial charge in [-0.2, -0.15) is 10.5 Å². The second-order valence-corrected chi connectivity index (χ2v) is 5.49. The molecule has 0 radical (unpaired) electrons. The van der Waals surface area contributed by atoms with Crippen LogP contribution in [0.1, 0.15) is 67.2 Å². The maximum atomic E-state index is 8.48. The molecule has 0 aromatic rings. The highest BCUT2D eigenvalue weighted by molar-refractivity contribution is 4.91. The van der Waals surface area contributed by atoms with Gasteiger partial charge >= 0.3 is 0 Å². The molecule has 0 spiro atoms. The van der Waals surface area contributed by atoms with Gasteiger partial charge < -0.3 is 6.15 Å². The van der Waals surface area contributed by atoms with Crippen molar-refractivity contribution < 1.29 is 0 Å². The Morgan fingerprint density at radius 2 is 1.00 bits per heavy atom. The average molecular weight is 239 g/mol. The van der Waals surface area contributed by atoms with Crippen LogP contribution in [0.15, 0.2) is 0 Å². The monoisotopic (exact) mass is 239 g/mol. The lowest BCUT2D eigenvalue weighted by atomic mass is 9.90. The highest BCUT2D eigenvalue weighted by Crippen LogP contribution is 2.20. The van der Waals surface area contributed by atoms with Crippen LogP contribution in [0.4, 0.5) is 0 Å². The van der Waals surface area contributed by atoms with E-state index < -0.39 is 0 Å². The Kier molecular flexibility index (Phi) is 12.6. The molecular formula is C14H29N3. The molecule has 0 aromatic heterocycles. The van der Waals surface area contributed by atoms with Crippen molar-refractivity contribution in [2.75, 3.05) is 0 Å². The summed E-state index contributed by atoms with van der Waals surface area (Å²) < 4.78 is 0. The van der Waals surface area contributed by atoms with Crippen molar-refractivity contribution in [3.8, 4) is 12.1 Å². The number of nitrogens with zero attached hydrogens (tertiary/aromatic N) is 2. The fourth-order valence-corrected chi connectivity index (χ4v) is 1.36. The smallest absolute Gasteiger partial charge is 0.0683 e. The number of nitriles is 2. The van der Waals surface area contributed by atoms with Crippen LogP contribution in [0, 0.1) is 33.5 Å². The summed E-state index contributed by atoms with van der Waals surface area (Å²) in [5, 5.41) is 17.0. The zero-order valence-corrected chi connectivity index (χ0v) is 12.4. The summed E-state index contributed by atoms with van der Waals surface area (Å²) in [5.74, 6) is 0. The molecule has 0 amide bonds. The Morgan fingerprint density at radius 3 is 1.06 bits per heavy atom. The Bertz CT molecular complexity index is 226. The van der Waals surface area contributed by atoms with Crippen LogP contribution in [0.5, 0.6) is 0 Å². The van der Waals surface area contributed by atoms with Crippen LogP contribution >= 0.6 is 0 Å². The minimum absolute atomic E-state index is 0. The maximum absolute atomic E-state index is 8.48. The molecule has 0 atom stereocenters. The normalized spacial score (nSPS) is 10.1. The van der Waals surface area contributed by atoms with Crippen molar-refractivity contribution in [3.63, 3.8) is 0 Å². The molecule has 0 aliphatic heterocycles. The first-order chi connectivity index (χ1) is 7.24. The lowest BCUT2D eigenvalue weighted by Gasteiger charge is -2.11. The molecule has 0 aromatic carbocycles. The lowest BCUT2D eigenvalue weighted by molar-refractivity contribution is 0.446. The quantitative estimate of drug-likeness (QED) is 0.762. The van der Waals surface area contributed by atoms with Gasteiger partial charge in [0.25, 0.3) is 0 Å². The molecule has 0 unspecified atom stereocenters. The van der Waals surface area contributed by atoms with E-state index in [1.807, 2.05) is 27.7 Å². The van der Waals surface area contributed by atoms with E-state index in [9.17, 15) is 0 Å². The molecule has 0 saturated heterocycles. The summed E-state index contributed by atoms with van der Waals surface area (Å²) in [6, 6.07) is 4.48. The summed E-state index contributed by atoms with van der Waals surface area (Å²) in [5.41, 5.74) is -0.205. The lowest BCUT2D eigenvalue weighted by Crippen LogP contribution is -2.05. The predicted molar refractivity (Wildman–Crippen MR) is 73.6 cm³/mol. The van der Waals surface area contributed by atoms with E-state index in [2.05, 4.69) is 26.0 Å². The minimum Gasteiger partial charge on any atom is -0.344 e. The summed E-state index contributed by atoms with van der Waals surface area (Å²) in [6.45, 7) is 12.1. The second-order valence-electron chi connectivity index (χ2n) is 5.49. The minimum atomic E-state index is -0.102. The molecule has 3 N–H and O–H groups in total. The molecule has 0 rings (SSSR count). The van der Waals surface area contributed by atoms with Crippen LogP contribution in [0.3, 0.4) is 0 Å². The summed E-state index contributed by atoms with van der Waals surface area (Å²) in [7, 11) is 0. The van der Waals surface area contributed by atoms with Gasteiger partial charge in [0.15, 0.2) is 0 Å². The van der Waals surface area contributed by atoms with Crippen LogP contribution in [0.2, 0.25) is 0 Å². The largest absolute Gasteiger partial charge is 0.344 e. The van der Waals surface area contributed by atoms with Gasteiger partial charge in [-0.15, -0.1) is 0 Å². The van der Waals surface area contributed by atoms with E-state index in [0.717, 1.165) is 25.7 Å². The van der Waals surface area contributed by atoms with E-state index in [1.165, 1.54) is 0 Å². The first kappa shape index (κ1) is 21.2. The van der Waals surface area contributed by atoms with Crippen molar-refractivity contribution in [1.29, 1.82) is 10.5 Å². The van der Waals surface area contributed by atoms with Gasteiger partial charge in [-0.1, -0.05) is 26.7 Å². The molecule has 0 aliphatic carbocycles. The van der Waals surface area contributed by atoms with Crippen LogP contribution in [0.25, 0.3) is 0 Å². The van der Waals surface area contributed by atoms with Gasteiger partial charge in [-0.25, -0.2) is 0 Å². The molecular weight excluding hydrogens is 210 g/mol. The van der Waals surface area contributed by atoms with E-state index in [4.69, 9.17) is 10.5 Å². The van der Waals surface area contributed by atoms with Gasteiger partial charge in [0.05, 0.1) is 23.0 Å². The summed E-state index contributed by atoms with van der Waals surface area (Å²) in [6.07, 6.45) is 4.20. The zero-order valence-electron chi connectivity index (χ0n) is 12.4. The summed E-state index contributed by atoms with van der Waals surface area (Å²) in [4.78, 5) is 0. The molecule has 0 fully saturated rings. The predicted octanol–water partition coefficient (Wildman–Crippen LogP) is 4.83. The molecule has 17 heavy (non-hydrogen) atoms. The molecule has 0 bridgehead atoms. The van der Waals surface area contributed by atoms with Gasteiger partial charge in [0.1, 0.15) is 0 Å². The fourth-order valence-electron chi connectivity index (χ4n) is 1.36. The van der Waals surface area contributed by atoms with Crippen LogP contribution in [-0.4, -0.2) is 0 Å². The fraction of sp³-hybridized carbons (Fsp3) is 0.857. The Balaban J connectivity index is -0.000000218. The van der Waals surface area contributed by atoms with Gasteiger partial charge in [0.2, 0.25) is 0 Å². The van der Waals surface area contributed by atoms with E-state index in [0.29, 0.717) is 0 Å². The van der Waals surface area contributed by atoms with Gasteiger partial charge in [0, 0.05) is 0 Å². The molecule has 0 saturated carbocycles. The van der Waals surface area contributed by atoms with E-state index in [1.54, 1.807) is 0 Å². The summed E-state index contributed by atoms with van der Waals surface area (Å²) >= 11 is 0. The number of rotatable bonds is 4. The second kappa shape index (κ2) is 10.1. The van der Waals surface area contributed by atoms with Gasteiger partial charge in [-0.05, 0) is 40.5 Å². The highest BCUT2D eigenvalue weighted by Gasteiger charge is 2.14. The van der Waals surface area contributed by atoms with Crippen molar-refractivity contribution >= 4 is 0 Å². The van der Waals surface area contributed by atoms with E-state index >= 15 is 0 Å². The first-order valence-electron chi connectivity index (χ1n) is 6.07.